The van der Waals surface area contributed by atoms with Gasteiger partial charge in [0.1, 0.15) is 11.4 Å². The average Bonchev–Trinajstić information content (AvgIpc) is 2.84. The van der Waals surface area contributed by atoms with E-state index in [-0.39, 0.29) is 4.90 Å². The summed E-state index contributed by atoms with van der Waals surface area (Å²) in [6, 6.07) is 19.2. The van der Waals surface area contributed by atoms with Gasteiger partial charge in [0.2, 0.25) is 10.0 Å². The lowest BCUT2D eigenvalue weighted by Crippen LogP contribution is -2.40. The normalized spacial score (nSPS) is 16.9. The first-order valence-corrected chi connectivity index (χ1v) is 13.6. The van der Waals surface area contributed by atoms with Crippen LogP contribution in [-0.4, -0.2) is 35.9 Å². The lowest BCUT2D eigenvalue weighted by molar-refractivity contribution is 0.0597. The number of aryl methyl sites for hydroxylation is 1. The number of para-hydroxylation sites is 1. The number of carbonyl (C=O) groups excluding carboxylic acids is 1. The Morgan fingerprint density at radius 1 is 1.00 bits per heavy atom. The molecule has 0 bridgehead atoms. The average molecular weight is 508 g/mol. The molecule has 7 nitrogen and oxygen atoms in total. The summed E-state index contributed by atoms with van der Waals surface area (Å²) in [7, 11) is -3.76. The summed E-state index contributed by atoms with van der Waals surface area (Å²) in [6.45, 7) is 7.75. The number of hydrogen-bond acceptors (Lipinski definition) is 5. The van der Waals surface area contributed by atoms with Crippen molar-refractivity contribution in [1.82, 2.24) is 9.29 Å². The second-order valence-electron chi connectivity index (χ2n) is 10.0. The molecule has 0 radical (unpaired) electrons. The molecule has 0 unspecified atom stereocenters. The number of amides is 1. The summed E-state index contributed by atoms with van der Waals surface area (Å²) in [4.78, 5) is 19.7. The topological polar surface area (TPSA) is 79.8 Å². The zero-order valence-electron chi connectivity index (χ0n) is 21.2. The Morgan fingerprint density at radius 2 is 1.69 bits per heavy atom. The molecule has 4 rings (SSSR count). The van der Waals surface area contributed by atoms with Gasteiger partial charge in [0.05, 0.1) is 16.6 Å². The number of ether oxygens (including phenoxy) is 1. The number of aromatic nitrogens is 1. The van der Waals surface area contributed by atoms with Crippen molar-refractivity contribution in [2.24, 2.45) is 0 Å². The highest BCUT2D eigenvalue weighted by molar-refractivity contribution is 7.89. The van der Waals surface area contributed by atoms with Crippen LogP contribution in [-0.2, 0) is 14.8 Å². The fraction of sp³-hybridized carbons (Fsp3) is 0.357. The Balaban J connectivity index is 1.81. The van der Waals surface area contributed by atoms with Gasteiger partial charge in [0.25, 0.3) is 0 Å². The van der Waals surface area contributed by atoms with Crippen molar-refractivity contribution in [3.63, 3.8) is 0 Å². The van der Waals surface area contributed by atoms with Crippen molar-refractivity contribution in [2.75, 3.05) is 11.4 Å². The largest absolute Gasteiger partial charge is 0.443 e. The standard InChI is InChI=1S/C28H33N3O4S/c1-21-15-17-23(18-16-21)36(33,34)30-20-9-8-14-25(30)24-13-10-19-29-26(24)31(22-11-6-5-7-12-22)27(32)35-28(2,3)4/h5-7,10-13,15-19,25H,8-9,14,20H2,1-4H3/t25-/m1/s1. The van der Waals surface area contributed by atoms with E-state index >= 15 is 0 Å². The van der Waals surface area contributed by atoms with Gasteiger partial charge >= 0.3 is 6.09 Å². The second kappa shape index (κ2) is 10.4. The van der Waals surface area contributed by atoms with Crippen LogP contribution in [0.4, 0.5) is 16.3 Å². The zero-order chi connectivity index (χ0) is 25.9. The predicted molar refractivity (Wildman–Crippen MR) is 141 cm³/mol. The molecule has 0 N–H and O–H groups in total. The Hall–Kier alpha value is -3.23. The zero-order valence-corrected chi connectivity index (χ0v) is 22.0. The highest BCUT2D eigenvalue weighted by Gasteiger charge is 2.38. The summed E-state index contributed by atoms with van der Waals surface area (Å²) in [6.07, 6.45) is 3.31. The van der Waals surface area contributed by atoms with Gasteiger partial charge in [0.15, 0.2) is 0 Å². The van der Waals surface area contributed by atoms with Crippen molar-refractivity contribution in [3.8, 4) is 0 Å². The summed E-state index contributed by atoms with van der Waals surface area (Å²) in [5.74, 6) is 0.369. The Labute approximate surface area is 213 Å². The maximum absolute atomic E-state index is 13.8. The molecule has 1 atom stereocenters. The molecule has 1 saturated heterocycles. The van der Waals surface area contributed by atoms with E-state index in [1.165, 1.54) is 4.90 Å². The third kappa shape index (κ3) is 5.60. The highest BCUT2D eigenvalue weighted by atomic mass is 32.2. The number of pyridine rings is 1. The Bertz CT molecular complexity index is 1300. The van der Waals surface area contributed by atoms with E-state index in [1.54, 1.807) is 40.8 Å². The van der Waals surface area contributed by atoms with Gasteiger partial charge in [-0.1, -0.05) is 48.4 Å². The minimum absolute atomic E-state index is 0.262. The van der Waals surface area contributed by atoms with Crippen LogP contribution >= 0.6 is 0 Å². The molecule has 1 aliphatic rings. The molecule has 36 heavy (non-hydrogen) atoms. The van der Waals surface area contributed by atoms with E-state index in [0.29, 0.717) is 30.0 Å². The fourth-order valence-electron chi connectivity index (χ4n) is 4.40. The summed E-state index contributed by atoms with van der Waals surface area (Å²) in [5, 5.41) is 0. The van der Waals surface area contributed by atoms with Gasteiger partial charge < -0.3 is 4.74 Å². The maximum atomic E-state index is 13.8. The number of carbonyl (C=O) groups is 1. The lowest BCUT2D eigenvalue weighted by Gasteiger charge is -2.37. The van der Waals surface area contributed by atoms with Crippen LogP contribution in [0.5, 0.6) is 0 Å². The van der Waals surface area contributed by atoms with E-state index in [1.807, 2.05) is 64.1 Å². The number of rotatable bonds is 5. The SMILES string of the molecule is Cc1ccc(S(=O)(=O)N2CCCC[C@@H]2c2cccnc2N(C(=O)OC(C)(C)C)c2ccccc2)cc1. The van der Waals surface area contributed by atoms with Gasteiger partial charge in [-0.3, -0.25) is 0 Å². The lowest BCUT2D eigenvalue weighted by atomic mass is 9.97. The van der Waals surface area contributed by atoms with Gasteiger partial charge in [-0.15, -0.1) is 0 Å². The Kier molecular flexibility index (Phi) is 7.47. The molecule has 1 fully saturated rings. The number of piperidine rings is 1. The highest BCUT2D eigenvalue weighted by Crippen LogP contribution is 2.40. The third-order valence-corrected chi connectivity index (χ3v) is 7.98. The minimum atomic E-state index is -3.76. The molecular weight excluding hydrogens is 474 g/mol. The van der Waals surface area contributed by atoms with E-state index in [4.69, 9.17) is 4.74 Å². The van der Waals surface area contributed by atoms with Crippen molar-refractivity contribution < 1.29 is 17.9 Å². The number of nitrogens with zero attached hydrogens (tertiary/aromatic N) is 3. The molecule has 0 aliphatic carbocycles. The van der Waals surface area contributed by atoms with Crippen LogP contribution in [0.2, 0.25) is 0 Å². The van der Waals surface area contributed by atoms with Crippen LogP contribution in [0, 0.1) is 6.92 Å². The van der Waals surface area contributed by atoms with E-state index in [0.717, 1.165) is 18.4 Å². The number of sulfonamides is 1. The van der Waals surface area contributed by atoms with Gasteiger partial charge in [0, 0.05) is 18.3 Å². The first-order valence-electron chi connectivity index (χ1n) is 12.2. The maximum Gasteiger partial charge on any atom is 0.420 e. The summed E-state index contributed by atoms with van der Waals surface area (Å²) < 4.78 is 34.8. The molecule has 0 saturated carbocycles. The van der Waals surface area contributed by atoms with E-state index in [2.05, 4.69) is 4.98 Å². The van der Waals surface area contributed by atoms with E-state index in [9.17, 15) is 13.2 Å². The smallest absolute Gasteiger partial charge is 0.420 e. The molecular formula is C28H33N3O4S. The van der Waals surface area contributed by atoms with Crippen LogP contribution in [0.15, 0.2) is 77.8 Å². The van der Waals surface area contributed by atoms with Gasteiger partial charge in [-0.05, 0) is 70.9 Å². The minimum Gasteiger partial charge on any atom is -0.443 e. The molecule has 1 aromatic heterocycles. The molecule has 3 aromatic rings. The van der Waals surface area contributed by atoms with Crippen molar-refractivity contribution in [3.05, 3.63) is 84.1 Å². The van der Waals surface area contributed by atoms with Crippen LogP contribution in [0.1, 0.15) is 57.2 Å². The van der Waals surface area contributed by atoms with E-state index < -0.39 is 27.8 Å². The van der Waals surface area contributed by atoms with Crippen molar-refractivity contribution >= 4 is 27.6 Å². The van der Waals surface area contributed by atoms with Crippen molar-refractivity contribution in [2.45, 2.75) is 63.5 Å². The summed E-state index contributed by atoms with van der Waals surface area (Å²) >= 11 is 0. The second-order valence-corrected chi connectivity index (χ2v) is 11.9. The molecule has 190 valence electrons. The third-order valence-electron chi connectivity index (χ3n) is 6.06. The number of benzene rings is 2. The van der Waals surface area contributed by atoms with Crippen LogP contribution in [0.25, 0.3) is 0 Å². The first kappa shape index (κ1) is 25.9. The number of hydrogen-bond donors (Lipinski definition) is 0. The summed E-state index contributed by atoms with van der Waals surface area (Å²) in [5.41, 5.74) is 1.54. The molecule has 1 aliphatic heterocycles. The Morgan fingerprint density at radius 3 is 2.36 bits per heavy atom. The predicted octanol–water partition coefficient (Wildman–Crippen LogP) is 6.38. The van der Waals surface area contributed by atoms with Gasteiger partial charge in [-0.2, -0.15) is 4.31 Å². The molecule has 1 amide bonds. The molecule has 2 heterocycles. The van der Waals surface area contributed by atoms with Crippen LogP contribution in [0.3, 0.4) is 0 Å². The van der Waals surface area contributed by atoms with Gasteiger partial charge in [-0.25, -0.2) is 23.1 Å². The number of anilines is 2. The van der Waals surface area contributed by atoms with Crippen LogP contribution < -0.4 is 4.90 Å². The molecule has 0 spiro atoms. The quantitative estimate of drug-likeness (QED) is 0.400. The first-order chi connectivity index (χ1) is 17.1. The molecule has 8 heteroatoms. The monoisotopic (exact) mass is 507 g/mol. The fourth-order valence-corrected chi connectivity index (χ4v) is 6.08. The van der Waals surface area contributed by atoms with Crippen molar-refractivity contribution in [1.29, 1.82) is 0 Å². The molecule has 2 aromatic carbocycles.